The number of esters is 1. The standard InChI is InChI=1S/C18H15NO2/c1-12-7-9-13(10-8-12)15-11-18(15)17(20)21-16(19-18)14-5-3-2-4-6-14/h2-10,15H,11H2,1H3/t15-,18+/m1/s1. The fourth-order valence-electron chi connectivity index (χ4n) is 2.92. The summed E-state index contributed by atoms with van der Waals surface area (Å²) in [5, 5.41) is 0. The van der Waals surface area contributed by atoms with E-state index in [2.05, 4.69) is 36.2 Å². The maximum absolute atomic E-state index is 12.3. The summed E-state index contributed by atoms with van der Waals surface area (Å²) in [5.74, 6) is 0.383. The van der Waals surface area contributed by atoms with Gasteiger partial charge < -0.3 is 4.74 Å². The summed E-state index contributed by atoms with van der Waals surface area (Å²) in [4.78, 5) is 16.9. The fraction of sp³-hybridized carbons (Fsp3) is 0.222. The van der Waals surface area contributed by atoms with E-state index in [1.807, 2.05) is 30.3 Å². The van der Waals surface area contributed by atoms with Crippen molar-refractivity contribution in [1.29, 1.82) is 0 Å². The van der Waals surface area contributed by atoms with Gasteiger partial charge in [0.25, 0.3) is 0 Å². The van der Waals surface area contributed by atoms with Crippen LogP contribution in [-0.4, -0.2) is 17.4 Å². The molecule has 1 spiro atoms. The highest BCUT2D eigenvalue weighted by molar-refractivity contribution is 6.09. The van der Waals surface area contributed by atoms with Crippen LogP contribution in [0, 0.1) is 6.92 Å². The molecule has 3 nitrogen and oxygen atoms in total. The Hall–Kier alpha value is -2.42. The molecule has 2 aliphatic rings. The van der Waals surface area contributed by atoms with Gasteiger partial charge in [-0.05, 0) is 31.0 Å². The molecule has 1 saturated carbocycles. The number of rotatable bonds is 2. The topological polar surface area (TPSA) is 38.7 Å². The van der Waals surface area contributed by atoms with Gasteiger partial charge in [0.2, 0.25) is 5.90 Å². The monoisotopic (exact) mass is 277 g/mol. The van der Waals surface area contributed by atoms with Crippen molar-refractivity contribution < 1.29 is 9.53 Å². The number of carbonyl (C=O) groups is 1. The zero-order valence-corrected chi connectivity index (χ0v) is 11.7. The summed E-state index contributed by atoms with van der Waals surface area (Å²) >= 11 is 0. The first-order valence-corrected chi connectivity index (χ1v) is 7.13. The van der Waals surface area contributed by atoms with Crippen molar-refractivity contribution >= 4 is 11.9 Å². The van der Waals surface area contributed by atoms with E-state index >= 15 is 0 Å². The van der Waals surface area contributed by atoms with E-state index in [1.54, 1.807) is 0 Å². The van der Waals surface area contributed by atoms with E-state index in [0.29, 0.717) is 5.90 Å². The van der Waals surface area contributed by atoms with E-state index in [0.717, 1.165) is 17.5 Å². The summed E-state index contributed by atoms with van der Waals surface area (Å²) in [5.41, 5.74) is 2.56. The number of carbonyl (C=O) groups excluding carboxylic acids is 1. The summed E-state index contributed by atoms with van der Waals surface area (Å²) in [6, 6.07) is 17.9. The zero-order chi connectivity index (χ0) is 14.4. The van der Waals surface area contributed by atoms with Crippen LogP contribution < -0.4 is 0 Å². The smallest absolute Gasteiger partial charge is 0.341 e. The predicted molar refractivity (Wildman–Crippen MR) is 80.3 cm³/mol. The number of cyclic esters (lactones) is 1. The summed E-state index contributed by atoms with van der Waals surface area (Å²) in [7, 11) is 0. The van der Waals surface area contributed by atoms with Crippen molar-refractivity contribution in [2.24, 2.45) is 4.99 Å². The van der Waals surface area contributed by atoms with Gasteiger partial charge >= 0.3 is 5.97 Å². The van der Waals surface area contributed by atoms with Crippen molar-refractivity contribution in [1.82, 2.24) is 0 Å². The van der Waals surface area contributed by atoms with Crippen molar-refractivity contribution in [2.75, 3.05) is 0 Å². The van der Waals surface area contributed by atoms with Crippen LogP contribution in [0.1, 0.15) is 29.0 Å². The minimum absolute atomic E-state index is 0.145. The normalized spacial score (nSPS) is 26.6. The number of hydrogen-bond acceptors (Lipinski definition) is 3. The molecule has 2 aromatic rings. The lowest BCUT2D eigenvalue weighted by atomic mass is 10.1. The molecule has 1 heterocycles. The van der Waals surface area contributed by atoms with E-state index in [9.17, 15) is 4.79 Å². The van der Waals surface area contributed by atoms with E-state index in [4.69, 9.17) is 4.74 Å². The Kier molecular flexibility index (Phi) is 2.52. The Morgan fingerprint density at radius 1 is 1.10 bits per heavy atom. The molecule has 0 unspecified atom stereocenters. The molecule has 0 saturated heterocycles. The Labute approximate surface area is 123 Å². The molecule has 0 amide bonds. The SMILES string of the molecule is Cc1ccc([C@H]2C[C@]23N=C(c2ccccc2)OC3=O)cc1. The Morgan fingerprint density at radius 3 is 2.52 bits per heavy atom. The number of benzene rings is 2. The molecule has 0 radical (unpaired) electrons. The van der Waals surface area contributed by atoms with Crippen LogP contribution in [0.15, 0.2) is 59.6 Å². The van der Waals surface area contributed by atoms with Crippen LogP contribution >= 0.6 is 0 Å². The van der Waals surface area contributed by atoms with E-state index in [1.165, 1.54) is 5.56 Å². The highest BCUT2D eigenvalue weighted by Crippen LogP contribution is 2.57. The quantitative estimate of drug-likeness (QED) is 0.790. The maximum Gasteiger partial charge on any atom is 0.341 e. The van der Waals surface area contributed by atoms with Crippen LogP contribution in [0.4, 0.5) is 0 Å². The third-order valence-electron chi connectivity index (χ3n) is 4.28. The number of nitrogens with zero attached hydrogens (tertiary/aromatic N) is 1. The molecule has 21 heavy (non-hydrogen) atoms. The highest BCUT2D eigenvalue weighted by Gasteiger charge is 2.65. The third kappa shape index (κ3) is 1.88. The van der Waals surface area contributed by atoms with Crippen molar-refractivity contribution in [2.45, 2.75) is 24.8 Å². The van der Waals surface area contributed by atoms with E-state index < -0.39 is 5.54 Å². The van der Waals surface area contributed by atoms with Crippen molar-refractivity contribution in [3.05, 3.63) is 71.3 Å². The number of hydrogen-bond donors (Lipinski definition) is 0. The molecule has 0 bridgehead atoms. The third-order valence-corrected chi connectivity index (χ3v) is 4.28. The van der Waals surface area contributed by atoms with Gasteiger partial charge in [0.05, 0.1) is 0 Å². The highest BCUT2D eigenvalue weighted by atomic mass is 16.6. The molecular formula is C18H15NO2. The van der Waals surface area contributed by atoms with Gasteiger partial charge in [-0.2, -0.15) is 0 Å². The lowest BCUT2D eigenvalue weighted by molar-refractivity contribution is -0.136. The molecule has 2 atom stereocenters. The van der Waals surface area contributed by atoms with Crippen LogP contribution in [0.3, 0.4) is 0 Å². The van der Waals surface area contributed by atoms with Gasteiger partial charge in [-0.1, -0.05) is 48.0 Å². The van der Waals surface area contributed by atoms with Gasteiger partial charge in [-0.3, -0.25) is 0 Å². The van der Waals surface area contributed by atoms with Gasteiger partial charge in [0.1, 0.15) is 0 Å². The first kappa shape index (κ1) is 12.3. The zero-order valence-electron chi connectivity index (χ0n) is 11.7. The molecule has 0 N–H and O–H groups in total. The lowest BCUT2D eigenvalue weighted by Crippen LogP contribution is -2.18. The second-order valence-corrected chi connectivity index (χ2v) is 5.76. The van der Waals surface area contributed by atoms with Crippen LogP contribution in [0.2, 0.25) is 0 Å². The Bertz CT molecular complexity index is 734. The average Bonchev–Trinajstić information content (AvgIpc) is 3.14. The molecule has 1 aliphatic carbocycles. The lowest BCUT2D eigenvalue weighted by Gasteiger charge is -2.03. The summed E-state index contributed by atoms with van der Waals surface area (Å²) in [6.07, 6.45) is 0.741. The fourth-order valence-corrected chi connectivity index (χ4v) is 2.92. The Morgan fingerprint density at radius 2 is 1.81 bits per heavy atom. The van der Waals surface area contributed by atoms with Crippen LogP contribution in [0.25, 0.3) is 0 Å². The second-order valence-electron chi connectivity index (χ2n) is 5.76. The molecule has 2 aromatic carbocycles. The number of aryl methyl sites for hydroxylation is 1. The largest absolute Gasteiger partial charge is 0.405 e. The molecule has 0 aromatic heterocycles. The van der Waals surface area contributed by atoms with Crippen molar-refractivity contribution in [3.8, 4) is 0 Å². The molecule has 104 valence electrons. The molecule has 4 rings (SSSR count). The molecule has 3 heteroatoms. The van der Waals surface area contributed by atoms with Crippen molar-refractivity contribution in [3.63, 3.8) is 0 Å². The number of aliphatic imine (C=N–C) groups is 1. The van der Waals surface area contributed by atoms with Gasteiger partial charge in [0, 0.05) is 11.5 Å². The van der Waals surface area contributed by atoms with Gasteiger partial charge in [0.15, 0.2) is 5.54 Å². The minimum atomic E-state index is -0.680. The minimum Gasteiger partial charge on any atom is -0.405 e. The van der Waals surface area contributed by atoms with Crippen LogP contribution in [-0.2, 0) is 9.53 Å². The van der Waals surface area contributed by atoms with Crippen LogP contribution in [0.5, 0.6) is 0 Å². The average molecular weight is 277 g/mol. The maximum atomic E-state index is 12.3. The molecule has 1 aliphatic heterocycles. The molecule has 1 fully saturated rings. The second kappa shape index (κ2) is 4.29. The summed E-state index contributed by atoms with van der Waals surface area (Å²) < 4.78 is 5.41. The van der Waals surface area contributed by atoms with E-state index in [-0.39, 0.29) is 11.9 Å². The van der Waals surface area contributed by atoms with Gasteiger partial charge in [-0.15, -0.1) is 0 Å². The Balaban J connectivity index is 1.66. The van der Waals surface area contributed by atoms with Gasteiger partial charge in [-0.25, -0.2) is 9.79 Å². The predicted octanol–water partition coefficient (Wildman–Crippen LogP) is 3.22. The first-order valence-electron chi connectivity index (χ1n) is 7.13. The summed E-state index contributed by atoms with van der Waals surface area (Å²) in [6.45, 7) is 2.06. The number of ether oxygens (including phenoxy) is 1. The first-order chi connectivity index (χ1) is 10.2. The molecular weight excluding hydrogens is 262 g/mol.